The van der Waals surface area contributed by atoms with Crippen molar-refractivity contribution in [3.8, 4) is 0 Å². The summed E-state index contributed by atoms with van der Waals surface area (Å²) in [6.07, 6.45) is -10.5. The van der Waals surface area contributed by atoms with Gasteiger partial charge in [-0.25, -0.2) is 8.42 Å². The summed E-state index contributed by atoms with van der Waals surface area (Å²) in [4.78, 5) is -0.310. The highest BCUT2D eigenvalue weighted by Gasteiger charge is 2.43. The molecule has 2 aromatic rings. The molecule has 0 bridgehead atoms. The first-order chi connectivity index (χ1) is 11.3. The van der Waals surface area contributed by atoms with Gasteiger partial charge in [-0.05, 0) is 42.5 Å². The molecule has 0 spiro atoms. The molecule has 0 unspecified atom stereocenters. The molecular weight excluding hydrogens is 374 g/mol. The molecule has 0 aromatic heterocycles. The highest BCUT2D eigenvalue weighted by atomic mass is 32.2. The van der Waals surface area contributed by atoms with Gasteiger partial charge >= 0.3 is 12.4 Å². The van der Waals surface area contributed by atoms with Crippen molar-refractivity contribution in [2.75, 3.05) is 10.5 Å². The van der Waals surface area contributed by atoms with Crippen molar-refractivity contribution in [2.24, 2.45) is 0 Å². The SMILES string of the molecule is Nc1ccc(S(=O)(=O)Nc2ccc(C(F)(F)F)c(C(F)(F)F)c2)cc1. The molecule has 0 aliphatic heterocycles. The molecule has 0 radical (unpaired) electrons. The third-order valence-corrected chi connectivity index (χ3v) is 4.47. The Morgan fingerprint density at radius 1 is 0.800 bits per heavy atom. The van der Waals surface area contributed by atoms with Crippen molar-refractivity contribution in [1.29, 1.82) is 0 Å². The Morgan fingerprint density at radius 3 is 1.80 bits per heavy atom. The van der Waals surface area contributed by atoms with Gasteiger partial charge in [-0.3, -0.25) is 4.72 Å². The van der Waals surface area contributed by atoms with Gasteiger partial charge in [-0.1, -0.05) is 0 Å². The number of hydrogen-bond donors (Lipinski definition) is 2. The molecule has 0 saturated heterocycles. The molecule has 0 atom stereocenters. The fourth-order valence-electron chi connectivity index (χ4n) is 1.95. The van der Waals surface area contributed by atoms with Gasteiger partial charge in [-0.15, -0.1) is 0 Å². The largest absolute Gasteiger partial charge is 0.417 e. The van der Waals surface area contributed by atoms with E-state index in [-0.39, 0.29) is 22.7 Å². The molecule has 2 aromatic carbocycles. The van der Waals surface area contributed by atoms with Gasteiger partial charge in [0.25, 0.3) is 10.0 Å². The summed E-state index contributed by atoms with van der Waals surface area (Å²) in [6, 6.07) is 5.58. The summed E-state index contributed by atoms with van der Waals surface area (Å²) >= 11 is 0. The smallest absolute Gasteiger partial charge is 0.399 e. The van der Waals surface area contributed by atoms with Crippen LogP contribution in [-0.2, 0) is 22.4 Å². The van der Waals surface area contributed by atoms with Crippen LogP contribution in [0.3, 0.4) is 0 Å². The van der Waals surface area contributed by atoms with E-state index in [2.05, 4.69) is 0 Å². The summed E-state index contributed by atoms with van der Waals surface area (Å²) < 4.78 is 103. The summed E-state index contributed by atoms with van der Waals surface area (Å²) in [5, 5.41) is 0. The van der Waals surface area contributed by atoms with Crippen LogP contribution in [0.5, 0.6) is 0 Å². The van der Waals surface area contributed by atoms with Gasteiger partial charge in [0.05, 0.1) is 16.0 Å². The lowest BCUT2D eigenvalue weighted by Gasteiger charge is -2.17. The number of sulfonamides is 1. The molecule has 0 aliphatic carbocycles. The molecule has 0 saturated carbocycles. The molecule has 11 heteroatoms. The molecule has 25 heavy (non-hydrogen) atoms. The Bertz CT molecular complexity index is 874. The van der Waals surface area contributed by atoms with E-state index in [0.717, 1.165) is 12.1 Å². The van der Waals surface area contributed by atoms with Crippen LogP contribution in [0.1, 0.15) is 11.1 Å². The quantitative estimate of drug-likeness (QED) is 0.618. The van der Waals surface area contributed by atoms with Crippen LogP contribution in [0.4, 0.5) is 37.7 Å². The number of nitrogens with two attached hydrogens (primary N) is 1. The highest BCUT2D eigenvalue weighted by molar-refractivity contribution is 7.92. The summed E-state index contributed by atoms with van der Waals surface area (Å²) in [6.45, 7) is 0. The van der Waals surface area contributed by atoms with E-state index in [1.807, 2.05) is 4.72 Å². The molecule has 0 heterocycles. The van der Waals surface area contributed by atoms with Gasteiger partial charge < -0.3 is 5.73 Å². The minimum absolute atomic E-state index is 0.0949. The highest BCUT2D eigenvalue weighted by Crippen LogP contribution is 2.41. The summed E-state index contributed by atoms with van der Waals surface area (Å²) in [7, 11) is -4.29. The van der Waals surface area contributed by atoms with E-state index in [1.54, 1.807) is 0 Å². The maximum Gasteiger partial charge on any atom is 0.417 e. The van der Waals surface area contributed by atoms with Crippen LogP contribution < -0.4 is 10.5 Å². The van der Waals surface area contributed by atoms with E-state index >= 15 is 0 Å². The van der Waals surface area contributed by atoms with Gasteiger partial charge in [0.2, 0.25) is 0 Å². The zero-order chi connectivity index (χ0) is 19.0. The topological polar surface area (TPSA) is 72.2 Å². The predicted molar refractivity (Wildman–Crippen MR) is 78.1 cm³/mol. The van der Waals surface area contributed by atoms with Crippen LogP contribution in [0, 0.1) is 0 Å². The van der Waals surface area contributed by atoms with Crippen LogP contribution >= 0.6 is 0 Å². The third-order valence-electron chi connectivity index (χ3n) is 3.07. The lowest BCUT2D eigenvalue weighted by Crippen LogP contribution is -2.18. The first-order valence-electron chi connectivity index (χ1n) is 6.47. The number of nitrogens with one attached hydrogen (secondary N) is 1. The monoisotopic (exact) mass is 384 g/mol. The average Bonchev–Trinajstić information content (AvgIpc) is 2.45. The van der Waals surface area contributed by atoms with E-state index in [0.29, 0.717) is 6.07 Å². The fourth-order valence-corrected chi connectivity index (χ4v) is 3.00. The second-order valence-corrected chi connectivity index (χ2v) is 6.61. The van der Waals surface area contributed by atoms with Crippen molar-refractivity contribution in [1.82, 2.24) is 0 Å². The van der Waals surface area contributed by atoms with E-state index in [1.165, 1.54) is 12.1 Å². The number of nitrogen functional groups attached to an aromatic ring is 1. The van der Waals surface area contributed by atoms with E-state index in [9.17, 15) is 34.8 Å². The number of halogens is 6. The summed E-state index contributed by atoms with van der Waals surface area (Å²) in [5.74, 6) is 0. The van der Waals surface area contributed by atoms with E-state index in [4.69, 9.17) is 5.73 Å². The fraction of sp³-hybridized carbons (Fsp3) is 0.143. The van der Waals surface area contributed by atoms with Gasteiger partial charge in [0, 0.05) is 11.4 Å². The van der Waals surface area contributed by atoms with Crippen molar-refractivity contribution >= 4 is 21.4 Å². The zero-order valence-corrected chi connectivity index (χ0v) is 12.9. The Hall–Kier alpha value is -2.43. The van der Waals surface area contributed by atoms with Crippen LogP contribution in [0.15, 0.2) is 47.4 Å². The Balaban J connectivity index is 2.45. The molecule has 0 aliphatic rings. The van der Waals surface area contributed by atoms with Crippen LogP contribution in [0.2, 0.25) is 0 Å². The Morgan fingerprint density at radius 2 is 1.32 bits per heavy atom. The van der Waals surface area contributed by atoms with Crippen LogP contribution in [0.25, 0.3) is 0 Å². The van der Waals surface area contributed by atoms with Crippen molar-refractivity contribution in [2.45, 2.75) is 17.2 Å². The first kappa shape index (κ1) is 18.9. The molecule has 0 fully saturated rings. The number of hydrogen-bond acceptors (Lipinski definition) is 3. The van der Waals surface area contributed by atoms with Gasteiger partial charge in [0.1, 0.15) is 0 Å². The minimum Gasteiger partial charge on any atom is -0.399 e. The molecule has 3 N–H and O–H groups in total. The summed E-state index contributed by atoms with van der Waals surface area (Å²) in [5.41, 5.74) is 1.11. The Kier molecular flexibility index (Phi) is 4.64. The molecule has 0 amide bonds. The molecule has 2 rings (SSSR count). The van der Waals surface area contributed by atoms with Crippen molar-refractivity contribution < 1.29 is 34.8 Å². The predicted octanol–water partition coefficient (Wildman–Crippen LogP) is 4.11. The minimum atomic E-state index is -5.31. The number of rotatable bonds is 3. The lowest BCUT2D eigenvalue weighted by molar-refractivity contribution is -0.162. The molecular formula is C14H10F6N2O2S. The number of benzene rings is 2. The van der Waals surface area contributed by atoms with Gasteiger partial charge in [-0.2, -0.15) is 26.3 Å². The Labute approximate surface area is 138 Å². The second-order valence-electron chi connectivity index (χ2n) is 4.93. The maximum atomic E-state index is 12.9. The lowest BCUT2D eigenvalue weighted by atomic mass is 10.1. The number of anilines is 2. The standard InChI is InChI=1S/C14H10F6N2O2S/c15-13(16,17)11-6-3-9(7-12(11)14(18,19)20)22-25(23,24)10-4-1-8(21)2-5-10/h1-7,22H,21H2. The normalized spacial score (nSPS) is 12.9. The molecule has 4 nitrogen and oxygen atoms in total. The second kappa shape index (κ2) is 6.14. The average molecular weight is 384 g/mol. The van der Waals surface area contributed by atoms with Crippen LogP contribution in [-0.4, -0.2) is 8.42 Å². The van der Waals surface area contributed by atoms with E-state index < -0.39 is 39.2 Å². The number of alkyl halides is 6. The first-order valence-corrected chi connectivity index (χ1v) is 7.96. The maximum absolute atomic E-state index is 12.9. The van der Waals surface area contributed by atoms with Gasteiger partial charge in [0.15, 0.2) is 0 Å². The van der Waals surface area contributed by atoms with Crippen molar-refractivity contribution in [3.05, 3.63) is 53.6 Å². The zero-order valence-electron chi connectivity index (χ0n) is 12.1. The van der Waals surface area contributed by atoms with Crippen molar-refractivity contribution in [3.63, 3.8) is 0 Å². The molecule has 136 valence electrons. The third kappa shape index (κ3) is 4.35.